The van der Waals surface area contributed by atoms with Gasteiger partial charge in [-0.25, -0.2) is 0 Å². The van der Waals surface area contributed by atoms with Crippen molar-refractivity contribution in [1.29, 1.82) is 0 Å². The number of rotatable bonds is 7. The van der Waals surface area contributed by atoms with Gasteiger partial charge in [-0.2, -0.15) is 13.2 Å². The van der Waals surface area contributed by atoms with Gasteiger partial charge in [0.1, 0.15) is 11.8 Å². The minimum atomic E-state index is -4.28. The van der Waals surface area contributed by atoms with Gasteiger partial charge in [0.15, 0.2) is 0 Å². The third-order valence-electron chi connectivity index (χ3n) is 2.89. The number of alkyl halides is 3. The van der Waals surface area contributed by atoms with Crippen molar-refractivity contribution in [2.75, 3.05) is 6.61 Å². The summed E-state index contributed by atoms with van der Waals surface area (Å²) >= 11 is 0. The fourth-order valence-electron chi connectivity index (χ4n) is 1.78. The average molecular weight is 275 g/mol. The molecule has 0 saturated carbocycles. The smallest absolute Gasteiger partial charge is 0.403 e. The average Bonchev–Trinajstić information content (AvgIpc) is 2.35. The molecule has 0 amide bonds. The van der Waals surface area contributed by atoms with Gasteiger partial charge in [0.25, 0.3) is 0 Å². The van der Waals surface area contributed by atoms with E-state index in [-0.39, 0.29) is 6.42 Å². The summed E-state index contributed by atoms with van der Waals surface area (Å²) in [6, 6.07) is 5.93. The Labute approximate surface area is 111 Å². The molecule has 0 spiro atoms. The molecule has 1 aromatic rings. The second-order valence-electron chi connectivity index (χ2n) is 4.47. The predicted molar refractivity (Wildman–Crippen MR) is 69.2 cm³/mol. The summed E-state index contributed by atoms with van der Waals surface area (Å²) in [7, 11) is 0. The standard InChI is InChI=1S/C14H20F3NO/c1-2-19-12-9-7-11(8-10-12)5-3-4-6-13(18)14(15,16)17/h7-10,13H,2-6,18H2,1H3/t13-/m0/s1. The van der Waals surface area contributed by atoms with Crippen molar-refractivity contribution < 1.29 is 17.9 Å². The van der Waals surface area contributed by atoms with E-state index in [4.69, 9.17) is 10.5 Å². The van der Waals surface area contributed by atoms with Crippen LogP contribution in [0.4, 0.5) is 13.2 Å². The summed E-state index contributed by atoms with van der Waals surface area (Å²) < 4.78 is 41.8. The van der Waals surface area contributed by atoms with Crippen LogP contribution in [-0.4, -0.2) is 18.8 Å². The largest absolute Gasteiger partial charge is 0.494 e. The Morgan fingerprint density at radius 2 is 1.79 bits per heavy atom. The maximum atomic E-state index is 12.2. The van der Waals surface area contributed by atoms with Crippen LogP contribution in [0.25, 0.3) is 0 Å². The molecule has 1 atom stereocenters. The molecular formula is C14H20F3NO. The summed E-state index contributed by atoms with van der Waals surface area (Å²) in [6.45, 7) is 2.53. The van der Waals surface area contributed by atoms with Crippen molar-refractivity contribution >= 4 is 0 Å². The van der Waals surface area contributed by atoms with E-state index in [0.29, 0.717) is 19.4 Å². The second kappa shape index (κ2) is 7.38. The van der Waals surface area contributed by atoms with Crippen LogP contribution in [0.1, 0.15) is 31.7 Å². The molecule has 0 bridgehead atoms. The molecule has 0 radical (unpaired) electrons. The van der Waals surface area contributed by atoms with Crippen LogP contribution in [-0.2, 0) is 6.42 Å². The Bertz CT molecular complexity index is 362. The first-order valence-corrected chi connectivity index (χ1v) is 6.47. The molecule has 1 rings (SSSR count). The van der Waals surface area contributed by atoms with Crippen LogP contribution >= 0.6 is 0 Å². The molecule has 5 heteroatoms. The van der Waals surface area contributed by atoms with Gasteiger partial charge in [-0.15, -0.1) is 0 Å². The summed E-state index contributed by atoms with van der Waals surface area (Å²) in [6.07, 6.45) is -2.34. The second-order valence-corrected chi connectivity index (χ2v) is 4.47. The van der Waals surface area contributed by atoms with Gasteiger partial charge in [0.05, 0.1) is 6.61 Å². The Kier molecular flexibility index (Phi) is 6.15. The molecule has 108 valence electrons. The number of benzene rings is 1. The highest BCUT2D eigenvalue weighted by atomic mass is 19.4. The molecule has 2 N–H and O–H groups in total. The van der Waals surface area contributed by atoms with Crippen LogP contribution in [0, 0.1) is 0 Å². The van der Waals surface area contributed by atoms with Gasteiger partial charge < -0.3 is 10.5 Å². The van der Waals surface area contributed by atoms with Crippen molar-refractivity contribution in [3.8, 4) is 5.75 Å². The van der Waals surface area contributed by atoms with Crippen LogP contribution < -0.4 is 10.5 Å². The highest BCUT2D eigenvalue weighted by Gasteiger charge is 2.35. The van der Waals surface area contributed by atoms with E-state index in [1.807, 2.05) is 31.2 Å². The Morgan fingerprint density at radius 1 is 1.16 bits per heavy atom. The lowest BCUT2D eigenvalue weighted by Gasteiger charge is -2.14. The first kappa shape index (κ1) is 15.8. The molecule has 0 saturated heterocycles. The quantitative estimate of drug-likeness (QED) is 0.770. The van der Waals surface area contributed by atoms with Gasteiger partial charge >= 0.3 is 6.18 Å². The van der Waals surface area contributed by atoms with E-state index >= 15 is 0 Å². The van der Waals surface area contributed by atoms with Gasteiger partial charge in [0.2, 0.25) is 0 Å². The van der Waals surface area contributed by atoms with Crippen molar-refractivity contribution in [2.45, 2.75) is 44.8 Å². The maximum absolute atomic E-state index is 12.2. The number of hydrogen-bond acceptors (Lipinski definition) is 2. The molecule has 0 aliphatic rings. The third-order valence-corrected chi connectivity index (χ3v) is 2.89. The zero-order valence-electron chi connectivity index (χ0n) is 11.0. The van der Waals surface area contributed by atoms with Crippen LogP contribution in [0.2, 0.25) is 0 Å². The van der Waals surface area contributed by atoms with E-state index in [2.05, 4.69) is 0 Å². The van der Waals surface area contributed by atoms with Gasteiger partial charge in [-0.3, -0.25) is 0 Å². The summed E-state index contributed by atoms with van der Waals surface area (Å²) in [5.41, 5.74) is 6.14. The third kappa shape index (κ3) is 5.96. The number of aryl methyl sites for hydroxylation is 1. The minimum absolute atomic E-state index is 0.0134. The van der Waals surface area contributed by atoms with E-state index < -0.39 is 12.2 Å². The summed E-state index contributed by atoms with van der Waals surface area (Å²) in [5, 5.41) is 0. The van der Waals surface area contributed by atoms with E-state index in [1.165, 1.54) is 0 Å². The fraction of sp³-hybridized carbons (Fsp3) is 0.571. The Morgan fingerprint density at radius 3 is 2.32 bits per heavy atom. The van der Waals surface area contributed by atoms with Crippen molar-refractivity contribution in [3.05, 3.63) is 29.8 Å². The normalized spacial score (nSPS) is 13.3. The monoisotopic (exact) mass is 275 g/mol. The highest BCUT2D eigenvalue weighted by molar-refractivity contribution is 5.27. The molecule has 0 aliphatic heterocycles. The zero-order valence-corrected chi connectivity index (χ0v) is 11.0. The molecule has 0 aliphatic carbocycles. The number of halogens is 3. The summed E-state index contributed by atoms with van der Waals surface area (Å²) in [4.78, 5) is 0. The number of ether oxygens (including phenoxy) is 1. The first-order chi connectivity index (χ1) is 8.93. The van der Waals surface area contributed by atoms with E-state index in [0.717, 1.165) is 17.7 Å². The topological polar surface area (TPSA) is 35.2 Å². The highest BCUT2D eigenvalue weighted by Crippen LogP contribution is 2.22. The number of unbranched alkanes of at least 4 members (excludes halogenated alkanes) is 1. The van der Waals surface area contributed by atoms with Crippen LogP contribution in [0.3, 0.4) is 0 Å². The summed E-state index contributed by atoms with van der Waals surface area (Å²) in [5.74, 6) is 0.811. The molecule has 0 unspecified atom stereocenters. The van der Waals surface area contributed by atoms with Gasteiger partial charge in [-0.05, 0) is 43.9 Å². The molecule has 2 nitrogen and oxygen atoms in total. The Balaban J connectivity index is 2.26. The zero-order chi connectivity index (χ0) is 14.3. The fourth-order valence-corrected chi connectivity index (χ4v) is 1.78. The van der Waals surface area contributed by atoms with E-state index in [9.17, 15) is 13.2 Å². The lowest BCUT2D eigenvalue weighted by molar-refractivity contribution is -0.149. The van der Waals surface area contributed by atoms with Crippen molar-refractivity contribution in [2.24, 2.45) is 5.73 Å². The van der Waals surface area contributed by atoms with Gasteiger partial charge in [-0.1, -0.05) is 18.6 Å². The lowest BCUT2D eigenvalue weighted by Crippen LogP contribution is -2.37. The number of nitrogens with two attached hydrogens (primary N) is 1. The molecule has 19 heavy (non-hydrogen) atoms. The molecule has 0 fully saturated rings. The molecule has 1 aromatic carbocycles. The molecular weight excluding hydrogens is 255 g/mol. The van der Waals surface area contributed by atoms with Crippen LogP contribution in [0.15, 0.2) is 24.3 Å². The van der Waals surface area contributed by atoms with Gasteiger partial charge in [0, 0.05) is 0 Å². The lowest BCUT2D eigenvalue weighted by atomic mass is 10.0. The molecule has 0 aromatic heterocycles. The van der Waals surface area contributed by atoms with Crippen LogP contribution in [0.5, 0.6) is 5.75 Å². The number of hydrogen-bond donors (Lipinski definition) is 1. The minimum Gasteiger partial charge on any atom is -0.494 e. The van der Waals surface area contributed by atoms with Crippen molar-refractivity contribution in [3.63, 3.8) is 0 Å². The predicted octanol–water partition coefficient (Wildman–Crippen LogP) is 3.69. The SMILES string of the molecule is CCOc1ccc(CCCC[C@H](N)C(F)(F)F)cc1. The van der Waals surface area contributed by atoms with Crippen molar-refractivity contribution in [1.82, 2.24) is 0 Å². The first-order valence-electron chi connectivity index (χ1n) is 6.47. The van der Waals surface area contributed by atoms with E-state index in [1.54, 1.807) is 0 Å². The molecule has 0 heterocycles. The maximum Gasteiger partial charge on any atom is 0.403 e. The Hall–Kier alpha value is -1.23.